The molecule has 2 aromatic carbocycles. The third-order valence-corrected chi connectivity index (χ3v) is 6.34. The molecule has 1 N–H and O–H groups in total. The highest BCUT2D eigenvalue weighted by Gasteiger charge is 2.30. The van der Waals surface area contributed by atoms with Crippen molar-refractivity contribution in [2.45, 2.75) is 44.6 Å². The van der Waals surface area contributed by atoms with E-state index < -0.39 is 10.0 Å². The van der Waals surface area contributed by atoms with E-state index in [2.05, 4.69) is 4.72 Å². The molecule has 0 bridgehead atoms. The summed E-state index contributed by atoms with van der Waals surface area (Å²) in [6.45, 7) is 5.72. The zero-order valence-corrected chi connectivity index (χ0v) is 16.1. The average Bonchev–Trinajstić information content (AvgIpc) is 2.92. The lowest BCUT2D eigenvalue weighted by Crippen LogP contribution is -2.38. The van der Waals surface area contributed by atoms with Gasteiger partial charge >= 0.3 is 0 Å². The molecule has 0 aromatic heterocycles. The van der Waals surface area contributed by atoms with Gasteiger partial charge in [-0.2, -0.15) is 0 Å². The summed E-state index contributed by atoms with van der Waals surface area (Å²) >= 11 is 0. The molecule has 1 aliphatic heterocycles. The summed E-state index contributed by atoms with van der Waals surface area (Å²) in [5, 5.41) is 0. The predicted molar refractivity (Wildman–Crippen MR) is 103 cm³/mol. The van der Waals surface area contributed by atoms with E-state index in [9.17, 15) is 13.2 Å². The molecule has 6 heteroatoms. The Hall–Kier alpha value is -2.18. The number of aryl methyl sites for hydroxylation is 2. The van der Waals surface area contributed by atoms with Crippen molar-refractivity contribution in [3.8, 4) is 0 Å². The molecule has 0 spiro atoms. The topological polar surface area (TPSA) is 66.5 Å². The first kappa shape index (κ1) is 18.6. The second-order valence-corrected chi connectivity index (χ2v) is 8.60. The van der Waals surface area contributed by atoms with Crippen LogP contribution in [0.1, 0.15) is 30.0 Å². The van der Waals surface area contributed by atoms with Crippen molar-refractivity contribution in [1.29, 1.82) is 0 Å². The first-order valence-electron chi connectivity index (χ1n) is 8.76. The van der Waals surface area contributed by atoms with Gasteiger partial charge in [-0.15, -0.1) is 0 Å². The second kappa shape index (κ2) is 7.21. The Labute approximate surface area is 155 Å². The number of para-hydroxylation sites is 1. The standard InChI is InChI=1S/C20H24N2O3S/c1-14-8-9-15(2)19(12-14)26(24,25)21-11-10-20(23)22-16(3)13-17-6-4-5-7-18(17)22/h4-9,12,16,21H,10-11,13H2,1-3H3. The van der Waals surface area contributed by atoms with Crippen LogP contribution in [0.4, 0.5) is 5.69 Å². The van der Waals surface area contributed by atoms with Gasteiger partial charge in [0.2, 0.25) is 15.9 Å². The summed E-state index contributed by atoms with van der Waals surface area (Å²) in [7, 11) is -3.63. The summed E-state index contributed by atoms with van der Waals surface area (Å²) in [5.74, 6) is -0.0638. The SMILES string of the molecule is Cc1ccc(C)c(S(=O)(=O)NCCC(=O)N2c3ccccc3CC2C)c1. The monoisotopic (exact) mass is 372 g/mol. The molecule has 1 heterocycles. The molecule has 1 atom stereocenters. The number of anilines is 1. The number of carbonyl (C=O) groups excluding carboxylic acids is 1. The van der Waals surface area contributed by atoms with Gasteiger partial charge in [-0.25, -0.2) is 13.1 Å². The predicted octanol–water partition coefficient (Wildman–Crippen LogP) is 2.95. The second-order valence-electron chi connectivity index (χ2n) is 6.86. The third-order valence-electron chi connectivity index (χ3n) is 4.74. The van der Waals surface area contributed by atoms with Gasteiger partial charge in [0.05, 0.1) is 4.90 Å². The van der Waals surface area contributed by atoms with E-state index in [1.807, 2.05) is 44.2 Å². The Bertz CT molecular complexity index is 938. The maximum absolute atomic E-state index is 12.7. The lowest BCUT2D eigenvalue weighted by atomic mass is 10.1. The van der Waals surface area contributed by atoms with Crippen LogP contribution in [0, 0.1) is 13.8 Å². The van der Waals surface area contributed by atoms with Crippen LogP contribution >= 0.6 is 0 Å². The molecule has 0 aliphatic carbocycles. The Morgan fingerprint density at radius 1 is 1.19 bits per heavy atom. The number of carbonyl (C=O) groups is 1. The molecule has 0 radical (unpaired) electrons. The molecule has 2 aromatic rings. The minimum absolute atomic E-state index is 0.0638. The highest BCUT2D eigenvalue weighted by molar-refractivity contribution is 7.89. The minimum Gasteiger partial charge on any atom is -0.309 e. The summed E-state index contributed by atoms with van der Waals surface area (Å²) in [6, 6.07) is 13.3. The zero-order chi connectivity index (χ0) is 18.9. The minimum atomic E-state index is -3.63. The first-order chi connectivity index (χ1) is 12.3. The van der Waals surface area contributed by atoms with Crippen LogP contribution in [0.2, 0.25) is 0 Å². The number of fused-ring (bicyclic) bond motifs is 1. The van der Waals surface area contributed by atoms with Crippen molar-refractivity contribution in [2.75, 3.05) is 11.4 Å². The van der Waals surface area contributed by atoms with Crippen LogP contribution in [0.25, 0.3) is 0 Å². The van der Waals surface area contributed by atoms with E-state index in [0.717, 1.165) is 23.2 Å². The summed E-state index contributed by atoms with van der Waals surface area (Å²) < 4.78 is 27.6. The molecule has 3 rings (SSSR count). The van der Waals surface area contributed by atoms with Gasteiger partial charge < -0.3 is 4.90 Å². The van der Waals surface area contributed by atoms with Crippen LogP contribution in [-0.4, -0.2) is 26.9 Å². The summed E-state index contributed by atoms with van der Waals surface area (Å²) in [6.07, 6.45) is 0.957. The molecule has 138 valence electrons. The maximum atomic E-state index is 12.7. The molecule has 0 saturated heterocycles. The highest BCUT2D eigenvalue weighted by Crippen LogP contribution is 2.32. The van der Waals surface area contributed by atoms with Crippen LogP contribution in [0.15, 0.2) is 47.4 Å². The van der Waals surface area contributed by atoms with Gasteiger partial charge in [0.25, 0.3) is 0 Å². The van der Waals surface area contributed by atoms with Gasteiger partial charge in [-0.1, -0.05) is 30.3 Å². The van der Waals surface area contributed by atoms with Crippen molar-refractivity contribution < 1.29 is 13.2 Å². The van der Waals surface area contributed by atoms with Crippen LogP contribution in [0.5, 0.6) is 0 Å². The van der Waals surface area contributed by atoms with Crippen molar-refractivity contribution in [1.82, 2.24) is 4.72 Å². The van der Waals surface area contributed by atoms with E-state index in [1.54, 1.807) is 24.0 Å². The fourth-order valence-corrected chi connectivity index (χ4v) is 4.79. The van der Waals surface area contributed by atoms with Gasteiger partial charge in [0.1, 0.15) is 0 Å². The van der Waals surface area contributed by atoms with Gasteiger partial charge in [0, 0.05) is 24.7 Å². The van der Waals surface area contributed by atoms with Gasteiger partial charge in [-0.05, 0) is 56.0 Å². The van der Waals surface area contributed by atoms with Gasteiger partial charge in [0.15, 0.2) is 0 Å². The van der Waals surface area contributed by atoms with E-state index >= 15 is 0 Å². The van der Waals surface area contributed by atoms with E-state index in [0.29, 0.717) is 5.56 Å². The largest absolute Gasteiger partial charge is 0.309 e. The Balaban J connectivity index is 1.66. The van der Waals surface area contributed by atoms with Crippen LogP contribution in [-0.2, 0) is 21.2 Å². The van der Waals surface area contributed by atoms with E-state index in [4.69, 9.17) is 0 Å². The van der Waals surface area contributed by atoms with Crippen LogP contribution in [0.3, 0.4) is 0 Å². The summed E-state index contributed by atoms with van der Waals surface area (Å²) in [4.78, 5) is 14.7. The lowest BCUT2D eigenvalue weighted by molar-refractivity contribution is -0.118. The molecule has 0 fully saturated rings. The fourth-order valence-electron chi connectivity index (χ4n) is 3.43. The third kappa shape index (κ3) is 3.66. The number of sulfonamides is 1. The molecule has 26 heavy (non-hydrogen) atoms. The van der Waals surface area contributed by atoms with E-state index in [-0.39, 0.29) is 29.8 Å². The van der Waals surface area contributed by atoms with E-state index in [1.165, 1.54) is 0 Å². The average molecular weight is 372 g/mol. The Morgan fingerprint density at radius 3 is 2.69 bits per heavy atom. The fraction of sp³-hybridized carbons (Fsp3) is 0.350. The molecule has 1 amide bonds. The molecule has 1 aliphatic rings. The van der Waals surface area contributed by atoms with Crippen LogP contribution < -0.4 is 9.62 Å². The van der Waals surface area contributed by atoms with Crippen molar-refractivity contribution in [3.63, 3.8) is 0 Å². The molecule has 1 unspecified atom stereocenters. The molecular weight excluding hydrogens is 348 g/mol. The number of nitrogens with zero attached hydrogens (tertiary/aromatic N) is 1. The van der Waals surface area contributed by atoms with Crippen molar-refractivity contribution >= 4 is 21.6 Å². The zero-order valence-electron chi connectivity index (χ0n) is 15.3. The number of benzene rings is 2. The number of hydrogen-bond acceptors (Lipinski definition) is 3. The number of amides is 1. The Kier molecular flexibility index (Phi) is 5.16. The quantitative estimate of drug-likeness (QED) is 0.877. The molecule has 5 nitrogen and oxygen atoms in total. The maximum Gasteiger partial charge on any atom is 0.240 e. The Morgan fingerprint density at radius 2 is 1.92 bits per heavy atom. The van der Waals surface area contributed by atoms with Crippen molar-refractivity contribution in [3.05, 3.63) is 59.2 Å². The lowest BCUT2D eigenvalue weighted by Gasteiger charge is -2.23. The van der Waals surface area contributed by atoms with Gasteiger partial charge in [-0.3, -0.25) is 4.79 Å². The summed E-state index contributed by atoms with van der Waals surface area (Å²) in [5.41, 5.74) is 3.66. The smallest absolute Gasteiger partial charge is 0.240 e. The normalized spacial score (nSPS) is 16.6. The number of rotatable bonds is 5. The first-order valence-corrected chi connectivity index (χ1v) is 10.2. The molecular formula is C20H24N2O3S. The van der Waals surface area contributed by atoms with Crippen molar-refractivity contribution in [2.24, 2.45) is 0 Å². The highest BCUT2D eigenvalue weighted by atomic mass is 32.2. The number of hydrogen-bond donors (Lipinski definition) is 1. The number of nitrogens with one attached hydrogen (secondary N) is 1. The molecule has 0 saturated carbocycles.